The molecule has 2 fully saturated rings. The molecular formula is C21H34N2O3. The van der Waals surface area contributed by atoms with Crippen LogP contribution in [0.25, 0.3) is 0 Å². The number of carbonyl (C=O) groups is 1. The molecule has 1 amide bonds. The van der Waals surface area contributed by atoms with E-state index in [-0.39, 0.29) is 5.41 Å². The molecule has 0 bridgehead atoms. The minimum atomic E-state index is 0.227. The van der Waals surface area contributed by atoms with Gasteiger partial charge < -0.3 is 19.0 Å². The first kappa shape index (κ1) is 19.4. The Labute approximate surface area is 157 Å². The molecule has 0 radical (unpaired) electrons. The maximum atomic E-state index is 12.4. The highest BCUT2D eigenvalue weighted by Crippen LogP contribution is 2.41. The molecule has 146 valence electrons. The zero-order valence-corrected chi connectivity index (χ0v) is 16.6. The van der Waals surface area contributed by atoms with E-state index in [9.17, 15) is 4.79 Å². The number of carbonyl (C=O) groups excluding carboxylic acids is 1. The van der Waals surface area contributed by atoms with Gasteiger partial charge in [0.1, 0.15) is 11.5 Å². The van der Waals surface area contributed by atoms with Crippen molar-refractivity contribution in [2.24, 2.45) is 5.41 Å². The van der Waals surface area contributed by atoms with Crippen LogP contribution in [-0.4, -0.2) is 62.1 Å². The normalized spacial score (nSPS) is 21.7. The van der Waals surface area contributed by atoms with E-state index in [2.05, 4.69) is 22.8 Å². The summed E-state index contributed by atoms with van der Waals surface area (Å²) >= 11 is 0. The van der Waals surface area contributed by atoms with E-state index in [1.807, 2.05) is 13.0 Å². The van der Waals surface area contributed by atoms with Crippen molar-refractivity contribution in [3.05, 3.63) is 23.7 Å². The van der Waals surface area contributed by atoms with Gasteiger partial charge in [-0.1, -0.05) is 6.92 Å². The molecule has 1 unspecified atom stereocenters. The van der Waals surface area contributed by atoms with E-state index < -0.39 is 0 Å². The van der Waals surface area contributed by atoms with Crippen molar-refractivity contribution >= 4 is 5.91 Å². The zero-order chi connectivity index (χ0) is 18.6. The number of piperidine rings is 1. The van der Waals surface area contributed by atoms with E-state index in [1.165, 1.54) is 0 Å². The summed E-state index contributed by atoms with van der Waals surface area (Å²) in [6, 6.07) is 4.15. The molecule has 2 saturated heterocycles. The summed E-state index contributed by atoms with van der Waals surface area (Å²) in [6.07, 6.45) is 5.11. The first-order chi connectivity index (χ1) is 12.5. The molecule has 1 aromatic heterocycles. The lowest BCUT2D eigenvalue weighted by atomic mass is 9.77. The van der Waals surface area contributed by atoms with Gasteiger partial charge in [0.25, 0.3) is 0 Å². The highest BCUT2D eigenvalue weighted by molar-refractivity contribution is 5.79. The zero-order valence-electron chi connectivity index (χ0n) is 16.6. The molecule has 0 aromatic carbocycles. The van der Waals surface area contributed by atoms with E-state index in [0.29, 0.717) is 11.8 Å². The Kier molecular flexibility index (Phi) is 6.41. The number of likely N-dealkylation sites (tertiary alicyclic amines) is 2. The van der Waals surface area contributed by atoms with Crippen LogP contribution in [0.5, 0.6) is 0 Å². The lowest BCUT2D eigenvalue weighted by molar-refractivity contribution is -0.128. The van der Waals surface area contributed by atoms with Gasteiger partial charge in [0, 0.05) is 39.1 Å². The van der Waals surface area contributed by atoms with Crippen LogP contribution in [0, 0.1) is 12.3 Å². The summed E-state index contributed by atoms with van der Waals surface area (Å²) in [5.74, 6) is 2.90. The van der Waals surface area contributed by atoms with Crippen LogP contribution in [0.2, 0.25) is 0 Å². The third-order valence-corrected chi connectivity index (χ3v) is 6.22. The lowest BCUT2D eigenvalue weighted by Crippen LogP contribution is -2.42. The summed E-state index contributed by atoms with van der Waals surface area (Å²) < 4.78 is 10.9. The van der Waals surface area contributed by atoms with Crippen LogP contribution in [0.4, 0.5) is 0 Å². The van der Waals surface area contributed by atoms with E-state index in [4.69, 9.17) is 9.15 Å². The second-order valence-electron chi connectivity index (χ2n) is 8.32. The Bertz CT molecular complexity index is 590. The SMILES string of the molecule is COCCCN1CC2(CCN(CCC(C)c3ccc(C)o3)CC2)CC1=O. The smallest absolute Gasteiger partial charge is 0.223 e. The fraction of sp³-hybridized carbons (Fsp3) is 0.762. The molecule has 0 N–H and O–H groups in total. The van der Waals surface area contributed by atoms with Gasteiger partial charge in [0.15, 0.2) is 0 Å². The quantitative estimate of drug-likeness (QED) is 0.665. The molecule has 5 nitrogen and oxygen atoms in total. The van der Waals surface area contributed by atoms with E-state index in [1.54, 1.807) is 7.11 Å². The van der Waals surface area contributed by atoms with E-state index in [0.717, 1.165) is 83.0 Å². The number of aryl methyl sites for hydroxylation is 1. The molecule has 1 aromatic rings. The molecule has 2 aliphatic heterocycles. The maximum absolute atomic E-state index is 12.4. The Morgan fingerprint density at radius 1 is 1.27 bits per heavy atom. The number of hydrogen-bond acceptors (Lipinski definition) is 4. The standard InChI is InChI=1S/C21H34N2O3/c1-17(19-6-5-18(2)26-19)7-11-22-12-8-21(9-13-22)15-20(24)23(16-21)10-4-14-25-3/h5-6,17H,4,7-16H2,1-3H3. The molecule has 26 heavy (non-hydrogen) atoms. The monoisotopic (exact) mass is 362 g/mol. The molecular weight excluding hydrogens is 328 g/mol. The molecule has 1 atom stereocenters. The third-order valence-electron chi connectivity index (χ3n) is 6.22. The van der Waals surface area contributed by atoms with Gasteiger partial charge in [-0.25, -0.2) is 0 Å². The molecule has 0 aliphatic carbocycles. The van der Waals surface area contributed by atoms with Gasteiger partial charge in [-0.15, -0.1) is 0 Å². The predicted molar refractivity (Wildman–Crippen MR) is 102 cm³/mol. The fourth-order valence-electron chi connectivity index (χ4n) is 4.41. The second kappa shape index (κ2) is 8.57. The first-order valence-electron chi connectivity index (χ1n) is 10.1. The van der Waals surface area contributed by atoms with Crippen molar-refractivity contribution in [3.63, 3.8) is 0 Å². The maximum Gasteiger partial charge on any atom is 0.223 e. The Morgan fingerprint density at radius 3 is 2.69 bits per heavy atom. The highest BCUT2D eigenvalue weighted by atomic mass is 16.5. The predicted octanol–water partition coefficient (Wildman–Crippen LogP) is 3.43. The van der Waals surface area contributed by atoms with Crippen LogP contribution in [-0.2, 0) is 9.53 Å². The van der Waals surface area contributed by atoms with Gasteiger partial charge in [0.05, 0.1) is 0 Å². The largest absolute Gasteiger partial charge is 0.466 e. The Balaban J connectivity index is 1.42. The third kappa shape index (κ3) is 4.68. The van der Waals surface area contributed by atoms with Crippen molar-refractivity contribution in [2.45, 2.75) is 51.9 Å². The molecule has 3 rings (SSSR count). The number of nitrogens with zero attached hydrogens (tertiary/aromatic N) is 2. The molecule has 2 aliphatic rings. The van der Waals surface area contributed by atoms with Gasteiger partial charge in [-0.05, 0) is 69.8 Å². The molecule has 5 heteroatoms. The van der Waals surface area contributed by atoms with Gasteiger partial charge >= 0.3 is 0 Å². The van der Waals surface area contributed by atoms with Crippen LogP contribution in [0.1, 0.15) is 56.5 Å². The topological polar surface area (TPSA) is 45.9 Å². The number of rotatable bonds is 8. The minimum Gasteiger partial charge on any atom is -0.466 e. The Morgan fingerprint density at radius 2 is 2.04 bits per heavy atom. The molecule has 1 spiro atoms. The van der Waals surface area contributed by atoms with Crippen LogP contribution < -0.4 is 0 Å². The summed E-state index contributed by atoms with van der Waals surface area (Å²) in [7, 11) is 1.72. The van der Waals surface area contributed by atoms with Crippen molar-refractivity contribution in [3.8, 4) is 0 Å². The number of furan rings is 1. The number of amides is 1. The average molecular weight is 363 g/mol. The first-order valence-corrected chi connectivity index (χ1v) is 10.1. The number of ether oxygens (including phenoxy) is 1. The fourth-order valence-corrected chi connectivity index (χ4v) is 4.41. The number of methoxy groups -OCH3 is 1. The lowest BCUT2D eigenvalue weighted by Gasteiger charge is -2.39. The summed E-state index contributed by atoms with van der Waals surface area (Å²) in [5.41, 5.74) is 0.227. The van der Waals surface area contributed by atoms with Crippen LogP contribution >= 0.6 is 0 Å². The van der Waals surface area contributed by atoms with Crippen LogP contribution in [0.3, 0.4) is 0 Å². The Hall–Kier alpha value is -1.33. The van der Waals surface area contributed by atoms with Gasteiger partial charge in [-0.3, -0.25) is 4.79 Å². The van der Waals surface area contributed by atoms with Crippen molar-refractivity contribution in [1.82, 2.24) is 9.80 Å². The van der Waals surface area contributed by atoms with E-state index >= 15 is 0 Å². The van der Waals surface area contributed by atoms with Crippen LogP contribution in [0.15, 0.2) is 16.5 Å². The average Bonchev–Trinajstić information content (AvgIpc) is 3.19. The summed E-state index contributed by atoms with van der Waals surface area (Å²) in [4.78, 5) is 17.0. The summed E-state index contributed by atoms with van der Waals surface area (Å²) in [6.45, 7) is 10.1. The molecule has 3 heterocycles. The van der Waals surface area contributed by atoms with Crippen molar-refractivity contribution in [2.75, 3.05) is 46.4 Å². The minimum absolute atomic E-state index is 0.227. The number of hydrogen-bond donors (Lipinski definition) is 0. The van der Waals surface area contributed by atoms with Crippen molar-refractivity contribution in [1.29, 1.82) is 0 Å². The highest BCUT2D eigenvalue weighted by Gasteiger charge is 2.44. The molecule has 0 saturated carbocycles. The summed E-state index contributed by atoms with van der Waals surface area (Å²) in [5, 5.41) is 0. The second-order valence-corrected chi connectivity index (χ2v) is 8.32. The van der Waals surface area contributed by atoms with Gasteiger partial charge in [0.2, 0.25) is 5.91 Å². The van der Waals surface area contributed by atoms with Gasteiger partial charge in [-0.2, -0.15) is 0 Å². The van der Waals surface area contributed by atoms with Crippen molar-refractivity contribution < 1.29 is 13.9 Å².